The van der Waals surface area contributed by atoms with E-state index in [2.05, 4.69) is 31.0 Å². The van der Waals surface area contributed by atoms with Crippen molar-refractivity contribution in [2.75, 3.05) is 32.7 Å². The van der Waals surface area contributed by atoms with Gasteiger partial charge in [0.1, 0.15) is 0 Å². The number of nitrogens with one attached hydrogen (secondary N) is 1. The zero-order chi connectivity index (χ0) is 13.9. The fourth-order valence-electron chi connectivity index (χ4n) is 3.14. The van der Waals surface area contributed by atoms with Crippen LogP contribution < -0.4 is 5.32 Å². The van der Waals surface area contributed by atoms with Gasteiger partial charge in [0.2, 0.25) is 0 Å². The molecule has 1 rings (SSSR count). The van der Waals surface area contributed by atoms with Crippen molar-refractivity contribution in [2.24, 2.45) is 11.8 Å². The van der Waals surface area contributed by atoms with Gasteiger partial charge in [-0.3, -0.25) is 0 Å². The summed E-state index contributed by atoms with van der Waals surface area (Å²) in [6.45, 7) is 13.4. The van der Waals surface area contributed by atoms with Gasteiger partial charge < -0.3 is 10.2 Å². The van der Waals surface area contributed by atoms with Gasteiger partial charge in [0.05, 0.1) is 0 Å². The molecule has 0 spiro atoms. The van der Waals surface area contributed by atoms with E-state index in [9.17, 15) is 0 Å². The van der Waals surface area contributed by atoms with E-state index < -0.39 is 0 Å². The molecule has 0 aromatic rings. The van der Waals surface area contributed by atoms with E-state index >= 15 is 0 Å². The maximum atomic E-state index is 3.49. The van der Waals surface area contributed by atoms with Crippen molar-refractivity contribution in [2.45, 2.75) is 65.7 Å². The highest BCUT2D eigenvalue weighted by Gasteiger charge is 2.18. The first kappa shape index (κ1) is 17.0. The lowest BCUT2D eigenvalue weighted by Crippen LogP contribution is -2.26. The van der Waals surface area contributed by atoms with Crippen LogP contribution in [0.4, 0.5) is 0 Å². The van der Waals surface area contributed by atoms with Gasteiger partial charge in [0.15, 0.2) is 0 Å². The molecule has 19 heavy (non-hydrogen) atoms. The van der Waals surface area contributed by atoms with Gasteiger partial charge in [-0.1, -0.05) is 27.2 Å². The van der Waals surface area contributed by atoms with Gasteiger partial charge in [0, 0.05) is 0 Å². The molecule has 1 heterocycles. The molecule has 1 atom stereocenters. The van der Waals surface area contributed by atoms with Gasteiger partial charge in [-0.2, -0.15) is 0 Å². The summed E-state index contributed by atoms with van der Waals surface area (Å²) in [6.07, 6.45) is 9.68. The highest BCUT2D eigenvalue weighted by molar-refractivity contribution is 4.72. The van der Waals surface area contributed by atoms with Crippen LogP contribution >= 0.6 is 0 Å². The van der Waals surface area contributed by atoms with Gasteiger partial charge in [-0.15, -0.1) is 0 Å². The summed E-state index contributed by atoms with van der Waals surface area (Å²) in [4.78, 5) is 2.71. The Balaban J connectivity index is 2.00. The van der Waals surface area contributed by atoms with Crippen molar-refractivity contribution >= 4 is 0 Å². The molecule has 0 aliphatic carbocycles. The first-order chi connectivity index (χ1) is 9.24. The van der Waals surface area contributed by atoms with Crippen LogP contribution in [0.5, 0.6) is 0 Å². The summed E-state index contributed by atoms with van der Waals surface area (Å²) in [5, 5.41) is 3.49. The smallest absolute Gasteiger partial charge is 0.00160 e. The van der Waals surface area contributed by atoms with Crippen molar-refractivity contribution in [3.05, 3.63) is 0 Å². The summed E-state index contributed by atoms with van der Waals surface area (Å²) in [5.41, 5.74) is 0. The lowest BCUT2D eigenvalue weighted by atomic mass is 9.89. The average Bonchev–Trinajstić information content (AvgIpc) is 2.63. The third kappa shape index (κ3) is 7.94. The maximum Gasteiger partial charge on any atom is -0.00160 e. The van der Waals surface area contributed by atoms with Crippen LogP contribution in [0, 0.1) is 11.8 Å². The van der Waals surface area contributed by atoms with E-state index in [1.54, 1.807) is 0 Å². The number of unbranched alkanes of at least 4 members (excludes halogenated alkanes) is 2. The first-order valence-corrected chi connectivity index (χ1v) is 8.67. The third-order valence-electron chi connectivity index (χ3n) is 4.56. The van der Waals surface area contributed by atoms with Crippen LogP contribution in [0.25, 0.3) is 0 Å². The molecular formula is C17H36N2. The van der Waals surface area contributed by atoms with Crippen molar-refractivity contribution in [1.29, 1.82) is 0 Å². The highest BCUT2D eigenvalue weighted by Crippen LogP contribution is 2.24. The second-order valence-electron chi connectivity index (χ2n) is 6.59. The van der Waals surface area contributed by atoms with Crippen LogP contribution in [0.15, 0.2) is 0 Å². The Bertz CT molecular complexity index is 203. The van der Waals surface area contributed by atoms with E-state index in [0.717, 1.165) is 11.8 Å². The predicted octanol–water partition coefficient (Wildman–Crippen LogP) is 3.91. The quantitative estimate of drug-likeness (QED) is 0.638. The standard InChI is InChI=1S/C17H36N2/c1-4-11-18-12-6-5-7-13-19-14-8-9-17(10-15-19)16(2)3/h16-18H,4-15H2,1-3H3. The maximum absolute atomic E-state index is 3.49. The summed E-state index contributed by atoms with van der Waals surface area (Å²) >= 11 is 0. The number of hydrogen-bond acceptors (Lipinski definition) is 2. The minimum atomic E-state index is 0.879. The zero-order valence-corrected chi connectivity index (χ0v) is 13.6. The molecule has 0 amide bonds. The minimum absolute atomic E-state index is 0.879. The second-order valence-corrected chi connectivity index (χ2v) is 6.59. The Morgan fingerprint density at radius 3 is 2.63 bits per heavy atom. The Labute approximate surface area is 121 Å². The molecule has 1 aliphatic rings. The Morgan fingerprint density at radius 2 is 1.89 bits per heavy atom. The van der Waals surface area contributed by atoms with Crippen molar-refractivity contribution < 1.29 is 0 Å². The van der Waals surface area contributed by atoms with Crippen molar-refractivity contribution in [3.8, 4) is 0 Å². The summed E-state index contributed by atoms with van der Waals surface area (Å²) in [6, 6.07) is 0. The van der Waals surface area contributed by atoms with E-state index in [1.165, 1.54) is 77.7 Å². The predicted molar refractivity (Wildman–Crippen MR) is 85.6 cm³/mol. The van der Waals surface area contributed by atoms with Crippen LogP contribution in [0.3, 0.4) is 0 Å². The van der Waals surface area contributed by atoms with Gasteiger partial charge in [-0.25, -0.2) is 0 Å². The summed E-state index contributed by atoms with van der Waals surface area (Å²) in [7, 11) is 0. The Hall–Kier alpha value is -0.0800. The second kappa shape index (κ2) is 10.7. The van der Waals surface area contributed by atoms with E-state index in [1.807, 2.05) is 0 Å². The molecule has 114 valence electrons. The van der Waals surface area contributed by atoms with Gasteiger partial charge in [-0.05, 0) is 83.1 Å². The molecule has 0 aromatic heterocycles. The lowest BCUT2D eigenvalue weighted by Gasteiger charge is -2.21. The van der Waals surface area contributed by atoms with Gasteiger partial charge >= 0.3 is 0 Å². The first-order valence-electron chi connectivity index (χ1n) is 8.67. The van der Waals surface area contributed by atoms with Gasteiger partial charge in [0.25, 0.3) is 0 Å². The van der Waals surface area contributed by atoms with Crippen LogP contribution in [0.2, 0.25) is 0 Å². The number of hydrogen-bond donors (Lipinski definition) is 1. The molecule has 0 saturated carbocycles. The zero-order valence-electron chi connectivity index (χ0n) is 13.6. The highest BCUT2D eigenvalue weighted by atomic mass is 15.1. The number of rotatable bonds is 9. The van der Waals surface area contributed by atoms with Crippen LogP contribution in [-0.4, -0.2) is 37.6 Å². The van der Waals surface area contributed by atoms with E-state index in [-0.39, 0.29) is 0 Å². The topological polar surface area (TPSA) is 15.3 Å². The molecule has 1 fully saturated rings. The molecule has 1 N–H and O–H groups in total. The molecule has 1 saturated heterocycles. The molecule has 2 nitrogen and oxygen atoms in total. The molecule has 1 aliphatic heterocycles. The molecule has 0 aromatic carbocycles. The molecule has 0 radical (unpaired) electrons. The number of likely N-dealkylation sites (tertiary alicyclic amines) is 1. The molecular weight excluding hydrogens is 232 g/mol. The van der Waals surface area contributed by atoms with E-state index in [0.29, 0.717) is 0 Å². The monoisotopic (exact) mass is 268 g/mol. The molecule has 1 unspecified atom stereocenters. The molecule has 0 bridgehead atoms. The fourth-order valence-corrected chi connectivity index (χ4v) is 3.14. The van der Waals surface area contributed by atoms with Crippen molar-refractivity contribution in [3.63, 3.8) is 0 Å². The Morgan fingerprint density at radius 1 is 1.05 bits per heavy atom. The Kier molecular flexibility index (Phi) is 9.54. The summed E-state index contributed by atoms with van der Waals surface area (Å²) in [5.74, 6) is 1.85. The van der Waals surface area contributed by atoms with Crippen LogP contribution in [0.1, 0.15) is 65.7 Å². The SMILES string of the molecule is CCCNCCCCCN1CCCC(C(C)C)CC1. The number of nitrogens with zero attached hydrogens (tertiary/aromatic N) is 1. The largest absolute Gasteiger partial charge is 0.317 e. The summed E-state index contributed by atoms with van der Waals surface area (Å²) < 4.78 is 0. The lowest BCUT2D eigenvalue weighted by molar-refractivity contribution is 0.266. The van der Waals surface area contributed by atoms with Crippen LogP contribution in [-0.2, 0) is 0 Å². The minimum Gasteiger partial charge on any atom is -0.317 e. The van der Waals surface area contributed by atoms with Crippen molar-refractivity contribution in [1.82, 2.24) is 10.2 Å². The normalized spacial score (nSPS) is 21.8. The third-order valence-corrected chi connectivity index (χ3v) is 4.56. The molecule has 2 heteroatoms. The van der Waals surface area contributed by atoms with E-state index in [4.69, 9.17) is 0 Å². The average molecular weight is 268 g/mol. The fraction of sp³-hybridized carbons (Fsp3) is 1.00.